The molecule has 0 radical (unpaired) electrons. The quantitative estimate of drug-likeness (QED) is 0.906. The minimum atomic E-state index is 0.274. The zero-order valence-electron chi connectivity index (χ0n) is 11.6. The Hall–Kier alpha value is -1.58. The molecule has 0 bridgehead atoms. The number of rotatable bonds is 4. The highest BCUT2D eigenvalue weighted by Gasteiger charge is 2.21. The first-order valence-electron chi connectivity index (χ1n) is 7.17. The van der Waals surface area contributed by atoms with E-state index >= 15 is 0 Å². The molecule has 2 N–H and O–H groups in total. The van der Waals surface area contributed by atoms with Gasteiger partial charge in [0.1, 0.15) is 5.82 Å². The van der Waals surface area contributed by atoms with Gasteiger partial charge < -0.3 is 10.6 Å². The number of amides is 1. The molecule has 0 spiro atoms. The second-order valence-electron chi connectivity index (χ2n) is 5.39. The third kappa shape index (κ3) is 3.94. The number of carbonyl (C=O) groups is 1. The molecular weight excluding hydrogens is 238 g/mol. The van der Waals surface area contributed by atoms with Gasteiger partial charge in [-0.1, -0.05) is 25.8 Å². The minimum Gasteiger partial charge on any atom is -0.384 e. The lowest BCUT2D eigenvalue weighted by atomic mass is 9.96. The third-order valence-corrected chi connectivity index (χ3v) is 3.84. The smallest absolute Gasteiger partial charge is 0.222 e. The molecule has 2 heterocycles. The molecule has 1 fully saturated rings. The van der Waals surface area contributed by atoms with Gasteiger partial charge in [-0.2, -0.15) is 0 Å². The molecule has 0 aliphatic carbocycles. The molecule has 1 saturated heterocycles. The van der Waals surface area contributed by atoms with Crippen molar-refractivity contribution in [2.45, 2.75) is 45.6 Å². The van der Waals surface area contributed by atoms with Gasteiger partial charge in [0.05, 0.1) is 0 Å². The number of hydrogen-bond acceptors (Lipinski definition) is 3. The normalized spacial score (nSPS) is 20.4. The molecule has 1 aliphatic rings. The number of nitrogens with zero attached hydrogens (tertiary/aromatic N) is 2. The SMILES string of the molecule is CCCC1CCC(=O)N(Cc2ccc(N)nc2)CC1. The Kier molecular flexibility index (Phi) is 4.77. The topological polar surface area (TPSA) is 59.2 Å². The summed E-state index contributed by atoms with van der Waals surface area (Å²) in [6.45, 7) is 3.74. The summed E-state index contributed by atoms with van der Waals surface area (Å²) in [5.41, 5.74) is 6.62. The number of carbonyl (C=O) groups excluding carboxylic acids is 1. The summed E-state index contributed by atoms with van der Waals surface area (Å²) < 4.78 is 0. The van der Waals surface area contributed by atoms with E-state index in [0.29, 0.717) is 24.7 Å². The summed E-state index contributed by atoms with van der Waals surface area (Å²) in [7, 11) is 0. The lowest BCUT2D eigenvalue weighted by Crippen LogP contribution is -2.29. The van der Waals surface area contributed by atoms with Crippen LogP contribution in [0.15, 0.2) is 18.3 Å². The van der Waals surface area contributed by atoms with Crippen LogP contribution in [0.3, 0.4) is 0 Å². The van der Waals surface area contributed by atoms with Gasteiger partial charge in [-0.05, 0) is 30.4 Å². The van der Waals surface area contributed by atoms with Crippen LogP contribution in [0.1, 0.15) is 44.6 Å². The fraction of sp³-hybridized carbons (Fsp3) is 0.600. The molecule has 19 heavy (non-hydrogen) atoms. The van der Waals surface area contributed by atoms with Gasteiger partial charge in [-0.25, -0.2) is 4.98 Å². The zero-order chi connectivity index (χ0) is 13.7. The first-order valence-corrected chi connectivity index (χ1v) is 7.17. The Labute approximate surface area is 115 Å². The molecule has 0 aromatic carbocycles. The van der Waals surface area contributed by atoms with Crippen molar-refractivity contribution in [3.8, 4) is 0 Å². The molecule has 1 atom stereocenters. The van der Waals surface area contributed by atoms with Crippen LogP contribution in [0.2, 0.25) is 0 Å². The van der Waals surface area contributed by atoms with Crippen LogP contribution in [0.4, 0.5) is 5.82 Å². The van der Waals surface area contributed by atoms with Gasteiger partial charge >= 0.3 is 0 Å². The number of nitrogens with two attached hydrogens (primary N) is 1. The Morgan fingerprint density at radius 1 is 1.42 bits per heavy atom. The molecule has 1 aromatic heterocycles. The maximum atomic E-state index is 12.1. The molecule has 1 amide bonds. The molecule has 1 aliphatic heterocycles. The van der Waals surface area contributed by atoms with Gasteiger partial charge in [0.2, 0.25) is 5.91 Å². The number of pyridine rings is 1. The molecule has 0 saturated carbocycles. The second-order valence-corrected chi connectivity index (χ2v) is 5.39. The maximum Gasteiger partial charge on any atom is 0.222 e. The van der Waals surface area contributed by atoms with Crippen molar-refractivity contribution in [1.82, 2.24) is 9.88 Å². The Bertz CT molecular complexity index is 416. The first-order chi connectivity index (χ1) is 9.19. The fourth-order valence-corrected chi connectivity index (χ4v) is 2.71. The molecule has 104 valence electrons. The summed E-state index contributed by atoms with van der Waals surface area (Å²) in [4.78, 5) is 18.2. The minimum absolute atomic E-state index is 0.274. The zero-order valence-corrected chi connectivity index (χ0v) is 11.6. The summed E-state index contributed by atoms with van der Waals surface area (Å²) >= 11 is 0. The number of hydrogen-bond donors (Lipinski definition) is 1. The van der Waals surface area contributed by atoms with E-state index in [1.165, 1.54) is 12.8 Å². The van der Waals surface area contributed by atoms with Crippen LogP contribution in [0.5, 0.6) is 0 Å². The Morgan fingerprint density at radius 3 is 2.95 bits per heavy atom. The van der Waals surface area contributed by atoms with E-state index in [4.69, 9.17) is 5.73 Å². The number of anilines is 1. The summed E-state index contributed by atoms with van der Waals surface area (Å²) in [6, 6.07) is 3.74. The van der Waals surface area contributed by atoms with Gasteiger partial charge in [0, 0.05) is 25.7 Å². The molecule has 2 rings (SSSR count). The van der Waals surface area contributed by atoms with Crippen molar-refractivity contribution >= 4 is 11.7 Å². The second kappa shape index (κ2) is 6.55. The predicted molar refractivity (Wildman–Crippen MR) is 76.3 cm³/mol. The standard InChI is InChI=1S/C15H23N3O/c1-2-3-12-5-7-15(19)18(9-8-12)11-13-4-6-14(16)17-10-13/h4,6,10,12H,2-3,5,7-9,11H2,1H3,(H2,16,17). The average molecular weight is 261 g/mol. The van der Waals surface area contributed by atoms with Gasteiger partial charge in [-0.3, -0.25) is 4.79 Å². The van der Waals surface area contributed by atoms with E-state index in [9.17, 15) is 4.79 Å². The summed E-state index contributed by atoms with van der Waals surface area (Å²) in [6.07, 6.45) is 7.07. The molecule has 4 heteroatoms. The number of likely N-dealkylation sites (tertiary alicyclic amines) is 1. The van der Waals surface area contributed by atoms with Crippen LogP contribution in [0.25, 0.3) is 0 Å². The first kappa shape index (κ1) is 13.8. The predicted octanol–water partition coefficient (Wildman–Crippen LogP) is 2.59. The third-order valence-electron chi connectivity index (χ3n) is 3.84. The van der Waals surface area contributed by atoms with Crippen LogP contribution in [-0.2, 0) is 11.3 Å². The van der Waals surface area contributed by atoms with E-state index in [1.54, 1.807) is 12.3 Å². The highest BCUT2D eigenvalue weighted by molar-refractivity contribution is 5.76. The maximum absolute atomic E-state index is 12.1. The highest BCUT2D eigenvalue weighted by Crippen LogP contribution is 2.23. The summed E-state index contributed by atoms with van der Waals surface area (Å²) in [5.74, 6) is 1.51. The van der Waals surface area contributed by atoms with E-state index < -0.39 is 0 Å². The van der Waals surface area contributed by atoms with Crippen LogP contribution in [0, 0.1) is 5.92 Å². The van der Waals surface area contributed by atoms with Crippen molar-refractivity contribution in [3.63, 3.8) is 0 Å². The van der Waals surface area contributed by atoms with E-state index in [2.05, 4.69) is 11.9 Å². The van der Waals surface area contributed by atoms with Crippen molar-refractivity contribution in [2.75, 3.05) is 12.3 Å². The molecule has 4 nitrogen and oxygen atoms in total. The van der Waals surface area contributed by atoms with Crippen molar-refractivity contribution < 1.29 is 4.79 Å². The van der Waals surface area contributed by atoms with Gasteiger partial charge in [-0.15, -0.1) is 0 Å². The average Bonchev–Trinajstić information content (AvgIpc) is 2.57. The van der Waals surface area contributed by atoms with Crippen molar-refractivity contribution in [1.29, 1.82) is 0 Å². The fourth-order valence-electron chi connectivity index (χ4n) is 2.71. The van der Waals surface area contributed by atoms with Gasteiger partial charge in [0.15, 0.2) is 0 Å². The van der Waals surface area contributed by atoms with E-state index in [-0.39, 0.29) is 5.91 Å². The van der Waals surface area contributed by atoms with Crippen LogP contribution < -0.4 is 5.73 Å². The van der Waals surface area contributed by atoms with Crippen LogP contribution in [-0.4, -0.2) is 22.3 Å². The molecule has 1 aromatic rings. The lowest BCUT2D eigenvalue weighted by molar-refractivity contribution is -0.131. The van der Waals surface area contributed by atoms with Crippen LogP contribution >= 0.6 is 0 Å². The van der Waals surface area contributed by atoms with Gasteiger partial charge in [0.25, 0.3) is 0 Å². The highest BCUT2D eigenvalue weighted by atomic mass is 16.2. The van der Waals surface area contributed by atoms with E-state index in [1.807, 2.05) is 11.0 Å². The molecule has 1 unspecified atom stereocenters. The van der Waals surface area contributed by atoms with E-state index in [0.717, 1.165) is 24.9 Å². The van der Waals surface area contributed by atoms with Crippen molar-refractivity contribution in [3.05, 3.63) is 23.9 Å². The lowest BCUT2D eigenvalue weighted by Gasteiger charge is -2.20. The molecular formula is C15H23N3O. The Morgan fingerprint density at radius 2 is 2.26 bits per heavy atom. The number of aromatic nitrogens is 1. The Balaban J connectivity index is 1.95. The largest absolute Gasteiger partial charge is 0.384 e. The van der Waals surface area contributed by atoms with Crippen molar-refractivity contribution in [2.24, 2.45) is 5.92 Å². The monoisotopic (exact) mass is 261 g/mol. The summed E-state index contributed by atoms with van der Waals surface area (Å²) in [5, 5.41) is 0. The number of nitrogen functional groups attached to an aromatic ring is 1.